The molecule has 17 heavy (non-hydrogen) atoms. The van der Waals surface area contributed by atoms with Crippen LogP contribution in [0.2, 0.25) is 0 Å². The van der Waals surface area contributed by atoms with Crippen LogP contribution in [-0.2, 0) is 13.6 Å². The molecule has 2 N–H and O–H groups in total. The van der Waals surface area contributed by atoms with Gasteiger partial charge >= 0.3 is 0 Å². The fraction of sp³-hybridized carbons (Fsp3) is 0.250. The molecule has 0 aliphatic heterocycles. The molecule has 0 atom stereocenters. The second kappa shape index (κ2) is 4.37. The Hall–Kier alpha value is -2.17. The highest BCUT2D eigenvalue weighted by Gasteiger charge is 2.16. The first kappa shape index (κ1) is 11.3. The van der Waals surface area contributed by atoms with Crippen molar-refractivity contribution in [2.75, 3.05) is 12.8 Å². The minimum absolute atomic E-state index is 0.0828. The van der Waals surface area contributed by atoms with E-state index in [1.54, 1.807) is 48.2 Å². The Labute approximate surface area is 99.4 Å². The van der Waals surface area contributed by atoms with Gasteiger partial charge in [0.25, 0.3) is 5.91 Å². The Balaban J connectivity index is 2.12. The molecule has 0 saturated heterocycles. The summed E-state index contributed by atoms with van der Waals surface area (Å²) in [6.45, 7) is 0.441. The van der Waals surface area contributed by atoms with E-state index in [2.05, 4.69) is 0 Å². The molecule has 2 aromatic heterocycles. The zero-order valence-corrected chi connectivity index (χ0v) is 9.88. The Morgan fingerprint density at radius 3 is 2.88 bits per heavy atom. The summed E-state index contributed by atoms with van der Waals surface area (Å²) in [6, 6.07) is 5.30. The molecular formula is C12H15N3O2. The van der Waals surface area contributed by atoms with Gasteiger partial charge in [0.05, 0.1) is 18.5 Å². The van der Waals surface area contributed by atoms with Gasteiger partial charge in [-0.1, -0.05) is 0 Å². The maximum atomic E-state index is 12.1. The van der Waals surface area contributed by atoms with E-state index in [4.69, 9.17) is 10.2 Å². The summed E-state index contributed by atoms with van der Waals surface area (Å²) < 4.78 is 6.92. The number of nitrogens with zero attached hydrogens (tertiary/aromatic N) is 2. The van der Waals surface area contributed by atoms with Gasteiger partial charge < -0.3 is 19.6 Å². The number of amides is 1. The van der Waals surface area contributed by atoms with E-state index in [1.807, 2.05) is 6.07 Å². The number of nitrogens with two attached hydrogens (primary N) is 1. The Kier molecular flexibility index (Phi) is 2.91. The van der Waals surface area contributed by atoms with Crippen molar-refractivity contribution in [3.05, 3.63) is 42.1 Å². The average molecular weight is 233 g/mol. The van der Waals surface area contributed by atoms with E-state index in [0.717, 1.165) is 5.76 Å². The van der Waals surface area contributed by atoms with Gasteiger partial charge in [-0.3, -0.25) is 4.79 Å². The Morgan fingerprint density at radius 1 is 1.59 bits per heavy atom. The Morgan fingerprint density at radius 2 is 2.35 bits per heavy atom. The summed E-state index contributed by atoms with van der Waals surface area (Å²) in [5, 5.41) is 0. The number of aryl methyl sites for hydroxylation is 1. The molecular weight excluding hydrogens is 218 g/mol. The number of rotatable bonds is 3. The van der Waals surface area contributed by atoms with Gasteiger partial charge in [0, 0.05) is 20.3 Å². The molecule has 0 saturated carbocycles. The van der Waals surface area contributed by atoms with Crippen LogP contribution >= 0.6 is 0 Å². The number of carbonyl (C=O) groups excluding carboxylic acids is 1. The van der Waals surface area contributed by atoms with Crippen LogP contribution in [0.25, 0.3) is 0 Å². The molecule has 0 fully saturated rings. The van der Waals surface area contributed by atoms with E-state index in [9.17, 15) is 4.79 Å². The summed E-state index contributed by atoms with van der Waals surface area (Å²) in [7, 11) is 3.53. The first-order valence-electron chi connectivity index (χ1n) is 5.27. The number of furan rings is 1. The third-order valence-electron chi connectivity index (χ3n) is 2.57. The van der Waals surface area contributed by atoms with Crippen molar-refractivity contribution in [2.45, 2.75) is 6.54 Å². The lowest BCUT2D eigenvalue weighted by atomic mass is 10.3. The van der Waals surface area contributed by atoms with Crippen LogP contribution < -0.4 is 5.73 Å². The van der Waals surface area contributed by atoms with Crippen molar-refractivity contribution in [2.24, 2.45) is 7.05 Å². The largest absolute Gasteiger partial charge is 0.467 e. The van der Waals surface area contributed by atoms with Crippen molar-refractivity contribution in [3.8, 4) is 0 Å². The molecule has 0 bridgehead atoms. The zero-order chi connectivity index (χ0) is 12.4. The molecule has 90 valence electrons. The summed E-state index contributed by atoms with van der Waals surface area (Å²) in [5.74, 6) is 0.670. The van der Waals surface area contributed by atoms with Crippen molar-refractivity contribution in [1.82, 2.24) is 9.47 Å². The number of anilines is 1. The molecule has 5 heteroatoms. The molecule has 0 aliphatic carbocycles. The van der Waals surface area contributed by atoms with E-state index >= 15 is 0 Å². The fourth-order valence-corrected chi connectivity index (χ4v) is 1.71. The van der Waals surface area contributed by atoms with Crippen LogP contribution in [0.3, 0.4) is 0 Å². The third kappa shape index (κ3) is 2.33. The number of nitrogen functional groups attached to an aromatic ring is 1. The van der Waals surface area contributed by atoms with Gasteiger partial charge in [-0.2, -0.15) is 0 Å². The van der Waals surface area contributed by atoms with E-state index in [1.165, 1.54) is 0 Å². The van der Waals surface area contributed by atoms with Crippen LogP contribution in [0.1, 0.15) is 16.2 Å². The maximum Gasteiger partial charge on any atom is 0.270 e. The third-order valence-corrected chi connectivity index (χ3v) is 2.57. The lowest BCUT2D eigenvalue weighted by Gasteiger charge is -2.15. The number of carbonyl (C=O) groups is 1. The highest BCUT2D eigenvalue weighted by Crippen LogP contribution is 2.12. The van der Waals surface area contributed by atoms with Crippen molar-refractivity contribution >= 4 is 11.6 Å². The van der Waals surface area contributed by atoms with Crippen molar-refractivity contribution < 1.29 is 9.21 Å². The van der Waals surface area contributed by atoms with Crippen LogP contribution in [0, 0.1) is 0 Å². The monoisotopic (exact) mass is 233 g/mol. The predicted molar refractivity (Wildman–Crippen MR) is 64.3 cm³/mol. The molecule has 2 aromatic rings. The number of aromatic nitrogens is 1. The highest BCUT2D eigenvalue weighted by molar-refractivity contribution is 5.93. The van der Waals surface area contributed by atoms with Crippen LogP contribution in [-0.4, -0.2) is 22.4 Å². The van der Waals surface area contributed by atoms with Gasteiger partial charge in [0.2, 0.25) is 0 Å². The van der Waals surface area contributed by atoms with E-state index in [0.29, 0.717) is 17.9 Å². The molecule has 0 spiro atoms. The lowest BCUT2D eigenvalue weighted by Crippen LogP contribution is -2.27. The van der Waals surface area contributed by atoms with Gasteiger partial charge in [-0.15, -0.1) is 0 Å². The molecule has 1 amide bonds. The van der Waals surface area contributed by atoms with Gasteiger partial charge in [-0.25, -0.2) is 0 Å². The van der Waals surface area contributed by atoms with Gasteiger partial charge in [0.1, 0.15) is 11.5 Å². The van der Waals surface area contributed by atoms with Crippen LogP contribution in [0.15, 0.2) is 35.1 Å². The molecule has 5 nitrogen and oxygen atoms in total. The normalized spacial score (nSPS) is 10.5. The quantitative estimate of drug-likeness (QED) is 0.873. The second-order valence-electron chi connectivity index (χ2n) is 4.01. The molecule has 0 radical (unpaired) electrons. The molecule has 0 aromatic carbocycles. The van der Waals surface area contributed by atoms with Crippen LogP contribution in [0.4, 0.5) is 5.69 Å². The smallest absolute Gasteiger partial charge is 0.270 e. The number of hydrogen-bond acceptors (Lipinski definition) is 3. The van der Waals surface area contributed by atoms with Gasteiger partial charge in [0.15, 0.2) is 0 Å². The lowest BCUT2D eigenvalue weighted by molar-refractivity contribution is 0.0766. The summed E-state index contributed by atoms with van der Waals surface area (Å²) in [6.07, 6.45) is 3.31. The summed E-state index contributed by atoms with van der Waals surface area (Å²) in [5.41, 5.74) is 6.79. The fourth-order valence-electron chi connectivity index (χ4n) is 1.71. The van der Waals surface area contributed by atoms with E-state index < -0.39 is 0 Å². The van der Waals surface area contributed by atoms with Crippen molar-refractivity contribution in [3.63, 3.8) is 0 Å². The summed E-state index contributed by atoms with van der Waals surface area (Å²) in [4.78, 5) is 13.7. The second-order valence-corrected chi connectivity index (χ2v) is 4.01. The first-order valence-corrected chi connectivity index (χ1v) is 5.27. The van der Waals surface area contributed by atoms with Crippen LogP contribution in [0.5, 0.6) is 0 Å². The molecule has 0 aliphatic rings. The maximum absolute atomic E-state index is 12.1. The summed E-state index contributed by atoms with van der Waals surface area (Å²) >= 11 is 0. The molecule has 2 rings (SSSR count). The van der Waals surface area contributed by atoms with E-state index in [-0.39, 0.29) is 5.91 Å². The first-order chi connectivity index (χ1) is 8.08. The minimum Gasteiger partial charge on any atom is -0.467 e. The SMILES string of the molecule is CN(Cc1ccco1)C(=O)c1cc(N)cn1C. The highest BCUT2D eigenvalue weighted by atomic mass is 16.3. The topological polar surface area (TPSA) is 64.4 Å². The standard InChI is InChI=1S/C12H15N3O2/c1-14-7-9(13)6-11(14)12(16)15(2)8-10-4-3-5-17-10/h3-7H,8,13H2,1-2H3. The minimum atomic E-state index is -0.0828. The zero-order valence-electron chi connectivity index (χ0n) is 9.88. The molecule has 2 heterocycles. The average Bonchev–Trinajstić information content (AvgIpc) is 2.87. The van der Waals surface area contributed by atoms with Crippen molar-refractivity contribution in [1.29, 1.82) is 0 Å². The Bertz CT molecular complexity index is 514. The molecule has 0 unspecified atom stereocenters. The number of hydrogen-bond donors (Lipinski definition) is 1. The predicted octanol–water partition coefficient (Wildman–Crippen LogP) is 1.47. The van der Waals surface area contributed by atoms with Gasteiger partial charge in [-0.05, 0) is 18.2 Å².